The third-order valence-electron chi connectivity index (χ3n) is 2.85. The lowest BCUT2D eigenvalue weighted by atomic mass is 10.3. The van der Waals surface area contributed by atoms with Crippen LogP contribution in [0.2, 0.25) is 0 Å². The molecular formula is C12H19N3O5S2. The van der Waals surface area contributed by atoms with Crippen LogP contribution in [0.4, 0.5) is 5.69 Å². The molecule has 0 heterocycles. The molecule has 0 spiro atoms. The second-order valence-corrected chi connectivity index (χ2v) is 9.12. The Kier molecular flexibility index (Phi) is 5.68. The van der Waals surface area contributed by atoms with Gasteiger partial charge in [0.2, 0.25) is 26.0 Å². The summed E-state index contributed by atoms with van der Waals surface area (Å²) in [5.74, 6) is -0.517. The normalized spacial score (nSPS) is 12.6. The van der Waals surface area contributed by atoms with Gasteiger partial charge in [0.15, 0.2) is 0 Å². The Morgan fingerprint density at radius 2 is 1.55 bits per heavy atom. The molecule has 1 aromatic carbocycles. The average molecular weight is 349 g/mol. The van der Waals surface area contributed by atoms with E-state index in [1.807, 2.05) is 0 Å². The van der Waals surface area contributed by atoms with Gasteiger partial charge in [-0.25, -0.2) is 21.1 Å². The summed E-state index contributed by atoms with van der Waals surface area (Å²) >= 11 is 0. The molecule has 0 saturated carbocycles. The molecule has 0 saturated heterocycles. The van der Waals surface area contributed by atoms with Crippen LogP contribution < -0.4 is 5.32 Å². The Hall–Kier alpha value is -1.49. The highest BCUT2D eigenvalue weighted by Gasteiger charge is 2.18. The van der Waals surface area contributed by atoms with E-state index >= 15 is 0 Å². The topological polar surface area (TPSA) is 104 Å². The number of carbonyl (C=O) groups is 1. The first-order chi connectivity index (χ1) is 9.94. The van der Waals surface area contributed by atoms with Crippen molar-refractivity contribution in [2.24, 2.45) is 0 Å². The van der Waals surface area contributed by atoms with Crippen molar-refractivity contribution in [3.05, 3.63) is 24.3 Å². The fourth-order valence-corrected chi connectivity index (χ4v) is 2.69. The van der Waals surface area contributed by atoms with Crippen LogP contribution in [0.3, 0.4) is 0 Å². The molecule has 0 fully saturated rings. The summed E-state index contributed by atoms with van der Waals surface area (Å²) in [6, 6.07) is 5.61. The van der Waals surface area contributed by atoms with E-state index in [9.17, 15) is 21.6 Å². The van der Waals surface area contributed by atoms with E-state index in [0.29, 0.717) is 5.69 Å². The second kappa shape index (κ2) is 6.73. The molecule has 0 aliphatic carbocycles. The lowest BCUT2D eigenvalue weighted by Crippen LogP contribution is -2.34. The quantitative estimate of drug-likeness (QED) is 0.764. The van der Waals surface area contributed by atoms with Crippen LogP contribution in [0, 0.1) is 0 Å². The largest absolute Gasteiger partial charge is 0.325 e. The molecular weight excluding hydrogens is 330 g/mol. The zero-order valence-electron chi connectivity index (χ0n) is 12.8. The van der Waals surface area contributed by atoms with Gasteiger partial charge in [0.1, 0.15) is 0 Å². The van der Waals surface area contributed by atoms with Crippen LogP contribution in [-0.2, 0) is 24.8 Å². The molecule has 0 aliphatic heterocycles. The Morgan fingerprint density at radius 1 is 1.05 bits per heavy atom. The number of carbonyl (C=O) groups excluding carboxylic acids is 1. The van der Waals surface area contributed by atoms with Gasteiger partial charge in [-0.3, -0.25) is 4.79 Å². The van der Waals surface area contributed by atoms with Crippen molar-refractivity contribution < 1.29 is 21.6 Å². The zero-order valence-corrected chi connectivity index (χ0v) is 14.4. The van der Waals surface area contributed by atoms with E-state index in [1.54, 1.807) is 0 Å². The van der Waals surface area contributed by atoms with E-state index < -0.39 is 26.0 Å². The van der Waals surface area contributed by atoms with Gasteiger partial charge in [-0.15, -0.1) is 0 Å². The first kappa shape index (κ1) is 18.6. The summed E-state index contributed by atoms with van der Waals surface area (Å²) in [6.45, 7) is -0.323. The van der Waals surface area contributed by atoms with Gasteiger partial charge in [0, 0.05) is 26.8 Å². The van der Waals surface area contributed by atoms with E-state index in [1.165, 1.54) is 45.4 Å². The number of rotatable bonds is 6. The number of likely N-dealkylation sites (N-methyl/N-ethyl adjacent to an activating group) is 1. The zero-order chi connectivity index (χ0) is 17.1. The van der Waals surface area contributed by atoms with E-state index in [0.717, 1.165) is 14.9 Å². The summed E-state index contributed by atoms with van der Waals surface area (Å²) in [5.41, 5.74) is 0.379. The number of sulfonamides is 2. The molecule has 1 N–H and O–H groups in total. The Balaban J connectivity index is 2.79. The van der Waals surface area contributed by atoms with Gasteiger partial charge in [-0.05, 0) is 24.3 Å². The molecule has 0 aromatic heterocycles. The third kappa shape index (κ3) is 4.77. The van der Waals surface area contributed by atoms with Gasteiger partial charge in [-0.2, -0.15) is 4.31 Å². The van der Waals surface area contributed by atoms with Crippen molar-refractivity contribution in [2.75, 3.05) is 39.3 Å². The number of nitrogens with zero attached hydrogens (tertiary/aromatic N) is 2. The van der Waals surface area contributed by atoms with Gasteiger partial charge >= 0.3 is 0 Å². The van der Waals surface area contributed by atoms with Crippen molar-refractivity contribution in [3.8, 4) is 0 Å². The standard InChI is InChI=1S/C12H19N3O5S2/c1-14(2)22(19,20)11-7-5-10(6-8-11)13-12(16)9-15(3)21(4,17)18/h5-8H,9H2,1-4H3,(H,13,16). The minimum Gasteiger partial charge on any atom is -0.325 e. The van der Waals surface area contributed by atoms with Crippen LogP contribution >= 0.6 is 0 Å². The maximum absolute atomic E-state index is 11.9. The van der Waals surface area contributed by atoms with E-state index in [2.05, 4.69) is 5.32 Å². The molecule has 0 bridgehead atoms. The minimum atomic E-state index is -3.53. The van der Waals surface area contributed by atoms with Gasteiger partial charge < -0.3 is 5.32 Å². The first-order valence-corrected chi connectivity index (χ1v) is 9.47. The molecule has 8 nitrogen and oxygen atoms in total. The number of anilines is 1. The molecule has 124 valence electrons. The highest BCUT2D eigenvalue weighted by atomic mass is 32.2. The third-order valence-corrected chi connectivity index (χ3v) is 5.94. The predicted molar refractivity (Wildman–Crippen MR) is 83.4 cm³/mol. The second-order valence-electron chi connectivity index (χ2n) is 4.88. The number of benzene rings is 1. The maximum atomic E-state index is 11.9. The molecule has 1 aromatic rings. The SMILES string of the molecule is CN(CC(=O)Nc1ccc(S(=O)(=O)N(C)C)cc1)S(C)(=O)=O. The maximum Gasteiger partial charge on any atom is 0.242 e. The minimum absolute atomic E-state index is 0.101. The van der Waals surface area contributed by atoms with Crippen molar-refractivity contribution in [1.82, 2.24) is 8.61 Å². The van der Waals surface area contributed by atoms with Gasteiger partial charge in [0.05, 0.1) is 17.7 Å². The van der Waals surface area contributed by atoms with Crippen LogP contribution in [0.1, 0.15) is 0 Å². The number of hydrogen-bond acceptors (Lipinski definition) is 5. The molecule has 0 radical (unpaired) electrons. The number of hydrogen-bond donors (Lipinski definition) is 1. The molecule has 1 rings (SSSR count). The van der Waals surface area contributed by atoms with Crippen molar-refractivity contribution in [3.63, 3.8) is 0 Å². The Morgan fingerprint density at radius 3 is 1.95 bits per heavy atom. The summed E-state index contributed by atoms with van der Waals surface area (Å²) in [5, 5.41) is 2.50. The summed E-state index contributed by atoms with van der Waals surface area (Å²) < 4.78 is 48.2. The van der Waals surface area contributed by atoms with Crippen LogP contribution in [0.5, 0.6) is 0 Å². The summed E-state index contributed by atoms with van der Waals surface area (Å²) in [7, 11) is -2.83. The average Bonchev–Trinajstić information content (AvgIpc) is 2.37. The highest BCUT2D eigenvalue weighted by molar-refractivity contribution is 7.89. The molecule has 10 heteroatoms. The summed E-state index contributed by atoms with van der Waals surface area (Å²) in [6.07, 6.45) is 1.00. The molecule has 0 atom stereocenters. The van der Waals surface area contributed by atoms with Gasteiger partial charge in [-0.1, -0.05) is 0 Å². The van der Waals surface area contributed by atoms with Crippen LogP contribution in [0.15, 0.2) is 29.2 Å². The predicted octanol–water partition coefficient (Wildman–Crippen LogP) is -0.233. The molecule has 0 aliphatic rings. The molecule has 1 amide bonds. The smallest absolute Gasteiger partial charge is 0.242 e. The Labute approximate surface area is 130 Å². The van der Waals surface area contributed by atoms with Crippen LogP contribution in [-0.4, -0.2) is 65.3 Å². The van der Waals surface area contributed by atoms with Crippen molar-refractivity contribution in [1.29, 1.82) is 0 Å². The van der Waals surface area contributed by atoms with Crippen LogP contribution in [0.25, 0.3) is 0 Å². The van der Waals surface area contributed by atoms with E-state index in [4.69, 9.17) is 0 Å². The van der Waals surface area contributed by atoms with Gasteiger partial charge in [0.25, 0.3) is 0 Å². The molecule has 22 heavy (non-hydrogen) atoms. The lowest BCUT2D eigenvalue weighted by Gasteiger charge is -2.14. The van der Waals surface area contributed by atoms with Crippen molar-refractivity contribution in [2.45, 2.75) is 4.90 Å². The monoisotopic (exact) mass is 349 g/mol. The highest BCUT2D eigenvalue weighted by Crippen LogP contribution is 2.16. The first-order valence-electron chi connectivity index (χ1n) is 6.18. The lowest BCUT2D eigenvalue weighted by molar-refractivity contribution is -0.116. The fraction of sp³-hybridized carbons (Fsp3) is 0.417. The van der Waals surface area contributed by atoms with Crippen molar-refractivity contribution >= 4 is 31.6 Å². The number of amides is 1. The fourth-order valence-electron chi connectivity index (χ4n) is 1.44. The molecule has 0 unspecified atom stereocenters. The Bertz CT molecular complexity index is 739. The van der Waals surface area contributed by atoms with E-state index in [-0.39, 0.29) is 11.4 Å². The summed E-state index contributed by atoms with van der Waals surface area (Å²) in [4.78, 5) is 11.8. The number of nitrogens with one attached hydrogen (secondary N) is 1.